The zero-order valence-corrected chi connectivity index (χ0v) is 5.44. The van der Waals surface area contributed by atoms with E-state index in [0.29, 0.717) is 0 Å². The Morgan fingerprint density at radius 3 is 1.80 bits per heavy atom. The zero-order chi connectivity index (χ0) is 2.71. The molecule has 0 radical (unpaired) electrons. The van der Waals surface area contributed by atoms with Crippen molar-refractivity contribution in [3.8, 4) is 0 Å². The molecule has 5 heteroatoms. The maximum absolute atomic E-state index is 8.11. The molecule has 1 N–H and O–H groups in total. The van der Waals surface area contributed by atoms with Crippen molar-refractivity contribution in [2.75, 3.05) is 0 Å². The quantitative estimate of drug-likeness (QED) is 0.290. The van der Waals surface area contributed by atoms with Gasteiger partial charge in [-0.1, -0.05) is 0 Å². The molecule has 0 fully saturated rings. The van der Waals surface area contributed by atoms with Gasteiger partial charge in [0.1, 0.15) is 0 Å². The second-order valence-electron chi connectivity index (χ2n) is 0.0816. The minimum absolute atomic E-state index is 0. The van der Waals surface area contributed by atoms with Crippen molar-refractivity contribution in [1.82, 2.24) is 0 Å². The smallest absolute Gasteiger partial charge is 1.00 e. The minimum atomic E-state index is 0. The number of rotatable bonds is 0. The molecule has 0 saturated heterocycles. The standard InChI is InChI=1S/Ca.ClH.HNO2.2H/c;;2-1-3;;/h;1H;(H,2,3);;/q+2;;;2*-1. The Balaban J connectivity index is -0.00000000333. The van der Waals surface area contributed by atoms with Crippen LogP contribution in [0.2, 0.25) is 0 Å². The molecule has 0 bridgehead atoms. The second kappa shape index (κ2) is 20.3. The van der Waals surface area contributed by atoms with E-state index in [1.165, 1.54) is 5.34 Å². The van der Waals surface area contributed by atoms with Gasteiger partial charge in [0.15, 0.2) is 5.34 Å². The molecular weight excluding hydrogens is 122 g/mol. The topological polar surface area (TPSA) is 49.7 Å². The van der Waals surface area contributed by atoms with Gasteiger partial charge < -0.3 is 8.06 Å². The first kappa shape index (κ1) is 16.8. The van der Waals surface area contributed by atoms with Crippen LogP contribution in [-0.2, 0) is 0 Å². The molecule has 0 saturated carbocycles. The van der Waals surface area contributed by atoms with Crippen LogP contribution in [0.4, 0.5) is 0 Å². The van der Waals surface area contributed by atoms with Gasteiger partial charge in [0.05, 0.1) is 0 Å². The molecule has 0 amide bonds. The largest absolute Gasteiger partial charge is 2.00 e. The summed E-state index contributed by atoms with van der Waals surface area (Å²) in [6.07, 6.45) is 0. The number of hydrogen-bond acceptors (Lipinski definition) is 2. The molecule has 0 unspecified atom stereocenters. The fraction of sp³-hybridized carbons (Fsp3) is 0. The monoisotopic (exact) mass is 125 g/mol. The van der Waals surface area contributed by atoms with Crippen molar-refractivity contribution in [1.29, 1.82) is 0 Å². The number of nitrogens with zero attached hydrogens (tertiary/aromatic N) is 1. The van der Waals surface area contributed by atoms with Crippen molar-refractivity contribution in [2.24, 2.45) is 5.34 Å². The van der Waals surface area contributed by atoms with Crippen LogP contribution >= 0.6 is 12.4 Å². The molecule has 0 rings (SSSR count). The molecule has 30 valence electrons. The van der Waals surface area contributed by atoms with Crippen LogP contribution in [-0.4, -0.2) is 42.9 Å². The fourth-order valence-electron chi connectivity index (χ4n) is 0. The van der Waals surface area contributed by atoms with Gasteiger partial charge in [-0.25, -0.2) is 0 Å². The van der Waals surface area contributed by atoms with Gasteiger partial charge in [0, 0.05) is 0 Å². The van der Waals surface area contributed by atoms with E-state index in [9.17, 15) is 0 Å². The van der Waals surface area contributed by atoms with Gasteiger partial charge in [-0.05, 0) is 0 Å². The third-order valence-corrected chi connectivity index (χ3v) is 0. The Bertz CT molecular complexity index is 23.2. The predicted molar refractivity (Wildman–Crippen MR) is 22.8 cm³/mol. The number of halogens is 1. The number of hydrogen-bond donors (Lipinski definition) is 1. The first-order valence-electron chi connectivity index (χ1n) is 0.383. The summed E-state index contributed by atoms with van der Waals surface area (Å²) in [4.78, 5) is 8.11. The van der Waals surface area contributed by atoms with E-state index >= 15 is 0 Å². The van der Waals surface area contributed by atoms with E-state index < -0.39 is 0 Å². The molecular formula is H4CaClNO2. The first-order chi connectivity index (χ1) is 1.41. The molecule has 0 atom stereocenters. The van der Waals surface area contributed by atoms with Crippen molar-refractivity contribution >= 4 is 50.1 Å². The van der Waals surface area contributed by atoms with E-state index in [2.05, 4.69) is 0 Å². The van der Waals surface area contributed by atoms with Crippen molar-refractivity contribution in [2.45, 2.75) is 0 Å². The van der Waals surface area contributed by atoms with Gasteiger partial charge >= 0.3 is 37.7 Å². The van der Waals surface area contributed by atoms with Crippen molar-refractivity contribution in [3.05, 3.63) is 4.91 Å². The van der Waals surface area contributed by atoms with Gasteiger partial charge in [0.25, 0.3) is 0 Å². The maximum atomic E-state index is 8.11. The molecule has 0 aromatic carbocycles. The molecule has 0 aliphatic rings. The molecule has 0 aromatic heterocycles. The van der Waals surface area contributed by atoms with Crippen LogP contribution < -0.4 is 0 Å². The van der Waals surface area contributed by atoms with Gasteiger partial charge in [-0.2, -0.15) is 0 Å². The molecule has 3 nitrogen and oxygen atoms in total. The first-order valence-corrected chi connectivity index (χ1v) is 0.383. The van der Waals surface area contributed by atoms with Crippen LogP contribution in [0.1, 0.15) is 2.85 Å². The Hall–Kier alpha value is 0.950. The summed E-state index contributed by atoms with van der Waals surface area (Å²) in [5.74, 6) is 0. The van der Waals surface area contributed by atoms with Crippen LogP contribution in [0.5, 0.6) is 0 Å². The average molecular weight is 126 g/mol. The molecule has 0 aliphatic carbocycles. The van der Waals surface area contributed by atoms with Crippen molar-refractivity contribution in [3.63, 3.8) is 0 Å². The Morgan fingerprint density at radius 2 is 1.80 bits per heavy atom. The van der Waals surface area contributed by atoms with Gasteiger partial charge in [0.2, 0.25) is 0 Å². The van der Waals surface area contributed by atoms with Crippen molar-refractivity contribution < 1.29 is 8.06 Å². The Morgan fingerprint density at radius 1 is 1.80 bits per heavy atom. The molecule has 0 heterocycles. The second-order valence-corrected chi connectivity index (χ2v) is 0.0816. The van der Waals surface area contributed by atoms with Crippen LogP contribution in [0.3, 0.4) is 0 Å². The Labute approximate surface area is 68.1 Å². The van der Waals surface area contributed by atoms with Gasteiger partial charge in [-0.3, -0.25) is 0 Å². The molecule has 5 heavy (non-hydrogen) atoms. The summed E-state index contributed by atoms with van der Waals surface area (Å²) in [5.41, 5.74) is 0. The fourth-order valence-corrected chi connectivity index (χ4v) is 0. The minimum Gasteiger partial charge on any atom is -1.00 e. The summed E-state index contributed by atoms with van der Waals surface area (Å²) in [5, 5.41) is 7.89. The average Bonchev–Trinajstić information content (AvgIpc) is 0.918. The summed E-state index contributed by atoms with van der Waals surface area (Å²) < 4.78 is 0. The van der Waals surface area contributed by atoms with Crippen LogP contribution in [0.15, 0.2) is 5.34 Å². The SMILES string of the molecule is Cl.O=NO.[Ca+2].[H-].[H-]. The molecule has 0 aromatic rings. The van der Waals surface area contributed by atoms with E-state index in [1.807, 2.05) is 0 Å². The van der Waals surface area contributed by atoms with Crippen LogP contribution in [0.25, 0.3) is 0 Å². The third kappa shape index (κ3) is 47.7. The molecule has 0 aliphatic heterocycles. The predicted octanol–water partition coefficient (Wildman–Crippen LogP) is 0.408. The zero-order valence-electron chi connectivity index (χ0n) is 4.42. The van der Waals surface area contributed by atoms with Gasteiger partial charge in [-0.15, -0.1) is 17.3 Å². The normalized spacial score (nSPS) is 2.40. The Kier molecular flexibility index (Phi) is 68.1. The van der Waals surface area contributed by atoms with E-state index in [1.54, 1.807) is 0 Å². The van der Waals surface area contributed by atoms with E-state index in [-0.39, 0.29) is 53.0 Å². The van der Waals surface area contributed by atoms with E-state index in [4.69, 9.17) is 10.1 Å². The third-order valence-electron chi connectivity index (χ3n) is 0. The molecule has 0 spiro atoms. The summed E-state index contributed by atoms with van der Waals surface area (Å²) in [6, 6.07) is 0. The van der Waals surface area contributed by atoms with E-state index in [0.717, 1.165) is 0 Å². The maximum Gasteiger partial charge on any atom is 2.00 e. The summed E-state index contributed by atoms with van der Waals surface area (Å²) >= 11 is 0. The summed E-state index contributed by atoms with van der Waals surface area (Å²) in [6.45, 7) is 0. The van der Waals surface area contributed by atoms with Crippen LogP contribution in [0, 0.1) is 4.91 Å². The summed E-state index contributed by atoms with van der Waals surface area (Å²) in [7, 11) is 0.